The van der Waals surface area contributed by atoms with E-state index in [0.717, 1.165) is 11.3 Å². The van der Waals surface area contributed by atoms with E-state index >= 15 is 0 Å². The van der Waals surface area contributed by atoms with Crippen molar-refractivity contribution in [1.29, 1.82) is 0 Å². The zero-order chi connectivity index (χ0) is 13.9. The molecule has 1 heterocycles. The monoisotopic (exact) mass is 332 g/mol. The third-order valence-corrected chi connectivity index (χ3v) is 2.90. The molecule has 0 unspecified atom stereocenters. The van der Waals surface area contributed by atoms with E-state index < -0.39 is 0 Å². The van der Waals surface area contributed by atoms with Gasteiger partial charge in [0.2, 0.25) is 5.89 Å². The Morgan fingerprint density at radius 2 is 1.62 bits per heavy atom. The van der Waals surface area contributed by atoms with Gasteiger partial charge >= 0.3 is 0 Å². The molecular weight excluding hydrogens is 322 g/mol. The number of hydrogen-bond acceptors (Lipinski definition) is 5. The van der Waals surface area contributed by atoms with Crippen molar-refractivity contribution in [3.05, 3.63) is 48.5 Å². The number of hydrogen-bond donors (Lipinski definition) is 1. The number of aromatic hydroxyl groups is 1. The van der Waals surface area contributed by atoms with Crippen molar-refractivity contribution in [2.45, 2.75) is 0 Å². The number of methoxy groups -OCH3 is 1. The van der Waals surface area contributed by atoms with Crippen LogP contribution in [0.4, 0.5) is 0 Å². The molecule has 0 aliphatic heterocycles. The standard InChI is InChI=1S/C15H12N2O3.Zn/c1-19-11-8-6-10(7-9-11)14-16-17-15(20-14)12-4-2-3-5-13(12)18;/h2-9,18H,1H3;. The Labute approximate surface area is 134 Å². The Hall–Kier alpha value is -2.20. The van der Waals surface area contributed by atoms with Crippen LogP contribution < -0.4 is 4.74 Å². The molecule has 1 N–H and O–H groups in total. The van der Waals surface area contributed by atoms with Crippen LogP contribution in [0.5, 0.6) is 11.5 Å². The van der Waals surface area contributed by atoms with Gasteiger partial charge in [0, 0.05) is 25.0 Å². The average molecular weight is 334 g/mol. The van der Waals surface area contributed by atoms with Gasteiger partial charge < -0.3 is 14.3 Å². The summed E-state index contributed by atoms with van der Waals surface area (Å²) in [6.45, 7) is 0. The van der Waals surface area contributed by atoms with Crippen LogP contribution in [0.2, 0.25) is 0 Å². The van der Waals surface area contributed by atoms with Gasteiger partial charge in [0.15, 0.2) is 0 Å². The molecule has 0 bridgehead atoms. The summed E-state index contributed by atoms with van der Waals surface area (Å²) in [5.41, 5.74) is 1.31. The normalized spacial score (nSPS) is 9.95. The first-order chi connectivity index (χ1) is 9.78. The number of rotatable bonds is 3. The topological polar surface area (TPSA) is 68.4 Å². The van der Waals surface area contributed by atoms with Crippen LogP contribution in [-0.4, -0.2) is 22.4 Å². The summed E-state index contributed by atoms with van der Waals surface area (Å²) in [4.78, 5) is 0. The molecule has 102 valence electrons. The van der Waals surface area contributed by atoms with Gasteiger partial charge in [0.25, 0.3) is 5.89 Å². The van der Waals surface area contributed by atoms with E-state index in [1.54, 1.807) is 31.4 Å². The minimum absolute atomic E-state index is 0. The first kappa shape index (κ1) is 15.2. The van der Waals surface area contributed by atoms with E-state index in [1.165, 1.54) is 0 Å². The number of benzene rings is 2. The predicted molar refractivity (Wildman–Crippen MR) is 73.4 cm³/mol. The summed E-state index contributed by atoms with van der Waals surface area (Å²) in [7, 11) is 1.61. The molecule has 2 aromatic carbocycles. The van der Waals surface area contributed by atoms with Crippen LogP contribution in [0.25, 0.3) is 22.9 Å². The second-order valence-corrected chi connectivity index (χ2v) is 4.16. The molecule has 0 aliphatic rings. The number of phenols is 1. The van der Waals surface area contributed by atoms with Crippen LogP contribution in [0.3, 0.4) is 0 Å². The van der Waals surface area contributed by atoms with Gasteiger partial charge in [0.1, 0.15) is 11.5 Å². The maximum atomic E-state index is 9.77. The largest absolute Gasteiger partial charge is 0.507 e. The van der Waals surface area contributed by atoms with Crippen molar-refractivity contribution in [1.82, 2.24) is 10.2 Å². The van der Waals surface area contributed by atoms with Gasteiger partial charge in [-0.05, 0) is 36.4 Å². The van der Waals surface area contributed by atoms with E-state index in [2.05, 4.69) is 10.2 Å². The molecule has 0 spiro atoms. The van der Waals surface area contributed by atoms with E-state index in [-0.39, 0.29) is 31.1 Å². The first-order valence-electron chi connectivity index (χ1n) is 6.04. The molecule has 3 rings (SSSR count). The second-order valence-electron chi connectivity index (χ2n) is 4.16. The van der Waals surface area contributed by atoms with Crippen molar-refractivity contribution in [3.63, 3.8) is 0 Å². The van der Waals surface area contributed by atoms with Crippen molar-refractivity contribution in [3.8, 4) is 34.4 Å². The van der Waals surface area contributed by atoms with Gasteiger partial charge in [-0.15, -0.1) is 10.2 Å². The molecule has 0 saturated heterocycles. The second kappa shape index (κ2) is 6.50. The molecule has 0 radical (unpaired) electrons. The summed E-state index contributed by atoms with van der Waals surface area (Å²) < 4.78 is 10.7. The zero-order valence-corrected chi connectivity index (χ0v) is 14.5. The number of nitrogens with zero attached hydrogens (tertiary/aromatic N) is 2. The van der Waals surface area contributed by atoms with E-state index in [4.69, 9.17) is 9.15 Å². The van der Waals surface area contributed by atoms with Crippen molar-refractivity contribution >= 4 is 0 Å². The minimum Gasteiger partial charge on any atom is -0.507 e. The molecule has 3 aromatic rings. The molecule has 0 saturated carbocycles. The molecule has 0 fully saturated rings. The summed E-state index contributed by atoms with van der Waals surface area (Å²) in [6, 6.07) is 14.1. The number of ether oxygens (including phenoxy) is 1. The number of phenolic OH excluding ortho intramolecular Hbond substituents is 1. The molecule has 6 heteroatoms. The van der Waals surface area contributed by atoms with Gasteiger partial charge in [-0.25, -0.2) is 0 Å². The predicted octanol–water partition coefficient (Wildman–Crippen LogP) is 3.12. The first-order valence-corrected chi connectivity index (χ1v) is 6.04. The maximum absolute atomic E-state index is 9.77. The van der Waals surface area contributed by atoms with E-state index in [0.29, 0.717) is 11.5 Å². The van der Waals surface area contributed by atoms with E-state index in [1.807, 2.05) is 24.3 Å². The summed E-state index contributed by atoms with van der Waals surface area (Å²) in [6.07, 6.45) is 0. The van der Waals surface area contributed by atoms with Crippen LogP contribution in [0.1, 0.15) is 0 Å². The molecule has 21 heavy (non-hydrogen) atoms. The van der Waals surface area contributed by atoms with Crippen LogP contribution in [-0.2, 0) is 19.5 Å². The van der Waals surface area contributed by atoms with Crippen molar-refractivity contribution < 1.29 is 33.7 Å². The molecule has 5 nitrogen and oxygen atoms in total. The van der Waals surface area contributed by atoms with Gasteiger partial charge in [-0.2, -0.15) is 0 Å². The average Bonchev–Trinajstić information content (AvgIpc) is 2.97. The maximum Gasteiger partial charge on any atom is 0.251 e. The molecule has 0 atom stereocenters. The third kappa shape index (κ3) is 3.11. The quantitative estimate of drug-likeness (QED) is 0.746. The number of aromatic nitrogens is 2. The van der Waals surface area contributed by atoms with Crippen LogP contribution in [0.15, 0.2) is 52.9 Å². The van der Waals surface area contributed by atoms with Gasteiger partial charge in [-0.1, -0.05) is 12.1 Å². The van der Waals surface area contributed by atoms with Crippen LogP contribution >= 0.6 is 0 Å². The molecular formula is C15H12N2O3Zn. The summed E-state index contributed by atoms with van der Waals surface area (Å²) in [5, 5.41) is 17.7. The Balaban J connectivity index is 0.00000161. The smallest absolute Gasteiger partial charge is 0.251 e. The Kier molecular flexibility index (Phi) is 4.71. The minimum atomic E-state index is 0. The van der Waals surface area contributed by atoms with Gasteiger partial charge in [-0.3, -0.25) is 0 Å². The Morgan fingerprint density at radius 1 is 0.952 bits per heavy atom. The summed E-state index contributed by atoms with van der Waals surface area (Å²) >= 11 is 0. The summed E-state index contributed by atoms with van der Waals surface area (Å²) in [5.74, 6) is 1.55. The van der Waals surface area contributed by atoms with Crippen molar-refractivity contribution in [2.24, 2.45) is 0 Å². The van der Waals surface area contributed by atoms with Crippen LogP contribution in [0, 0.1) is 0 Å². The fourth-order valence-electron chi connectivity index (χ4n) is 1.84. The molecule has 0 amide bonds. The third-order valence-electron chi connectivity index (χ3n) is 2.90. The SMILES string of the molecule is COc1ccc(-c2nnc(-c3ccccc3O)o2)cc1.[Zn]. The Bertz CT molecular complexity index is 726. The fraction of sp³-hybridized carbons (Fsp3) is 0.0667. The molecule has 1 aromatic heterocycles. The van der Waals surface area contributed by atoms with E-state index in [9.17, 15) is 5.11 Å². The zero-order valence-electron chi connectivity index (χ0n) is 11.5. The Morgan fingerprint density at radius 3 is 2.29 bits per heavy atom. The number of para-hydroxylation sites is 1. The molecule has 0 aliphatic carbocycles. The van der Waals surface area contributed by atoms with Crippen molar-refractivity contribution in [2.75, 3.05) is 7.11 Å². The fourth-order valence-corrected chi connectivity index (χ4v) is 1.84. The van der Waals surface area contributed by atoms with Gasteiger partial charge in [0.05, 0.1) is 12.7 Å².